The van der Waals surface area contributed by atoms with E-state index in [-0.39, 0.29) is 0 Å². The van der Waals surface area contributed by atoms with Crippen LogP contribution in [0.2, 0.25) is 0 Å². The second-order valence-corrected chi connectivity index (χ2v) is 5.95. The zero-order valence-corrected chi connectivity index (χ0v) is 13.0. The molecular weight excluding hydrogens is 296 g/mol. The van der Waals surface area contributed by atoms with Gasteiger partial charge >= 0.3 is 0 Å². The number of fused-ring (bicyclic) bond motifs is 1. The van der Waals surface area contributed by atoms with Gasteiger partial charge in [0, 0.05) is 22.5 Å². The van der Waals surface area contributed by atoms with Crippen molar-refractivity contribution in [1.29, 1.82) is 0 Å². The third-order valence-electron chi connectivity index (χ3n) is 3.15. The number of oxime groups is 1. The fourth-order valence-electron chi connectivity index (χ4n) is 2.18. The zero-order chi connectivity index (χ0) is 15.4. The van der Waals surface area contributed by atoms with Crippen LogP contribution in [-0.4, -0.2) is 15.8 Å². The first-order chi connectivity index (χ1) is 10.7. The molecule has 0 fully saturated rings. The molecule has 0 bridgehead atoms. The van der Waals surface area contributed by atoms with E-state index in [1.165, 1.54) is 0 Å². The minimum Gasteiger partial charge on any atom is -0.389 e. The zero-order valence-electron chi connectivity index (χ0n) is 12.2. The second kappa shape index (κ2) is 6.53. The molecule has 0 spiro atoms. The molecule has 6 heteroatoms. The van der Waals surface area contributed by atoms with Crippen molar-refractivity contribution in [3.05, 3.63) is 58.2 Å². The van der Waals surface area contributed by atoms with Gasteiger partial charge in [0.2, 0.25) is 0 Å². The Morgan fingerprint density at radius 1 is 1.32 bits per heavy atom. The fourth-order valence-corrected chi connectivity index (χ4v) is 2.79. The van der Waals surface area contributed by atoms with E-state index in [1.807, 2.05) is 42.6 Å². The van der Waals surface area contributed by atoms with E-state index >= 15 is 0 Å². The van der Waals surface area contributed by atoms with Gasteiger partial charge in [-0.3, -0.25) is 4.98 Å². The average molecular weight is 312 g/mol. The van der Waals surface area contributed by atoms with Crippen LogP contribution >= 0.6 is 11.3 Å². The van der Waals surface area contributed by atoms with E-state index in [2.05, 4.69) is 15.1 Å². The summed E-state index contributed by atoms with van der Waals surface area (Å²) in [6.07, 6.45) is 2.27. The van der Waals surface area contributed by atoms with Crippen LogP contribution in [0.4, 0.5) is 0 Å². The number of nitrogens with zero attached hydrogens (tertiary/aromatic N) is 3. The number of para-hydroxylation sites is 1. The molecular formula is C16H16N4OS. The van der Waals surface area contributed by atoms with Crippen molar-refractivity contribution in [3.8, 4) is 0 Å². The smallest absolute Gasteiger partial charge is 0.145 e. The number of aryl methyl sites for hydroxylation is 1. The van der Waals surface area contributed by atoms with E-state index in [0.717, 1.165) is 27.2 Å². The highest BCUT2D eigenvalue weighted by molar-refractivity contribution is 7.09. The summed E-state index contributed by atoms with van der Waals surface area (Å²) in [5, 5.41) is 8.04. The van der Waals surface area contributed by atoms with Crippen LogP contribution in [0.25, 0.3) is 10.9 Å². The highest BCUT2D eigenvalue weighted by Crippen LogP contribution is 2.16. The van der Waals surface area contributed by atoms with Crippen LogP contribution in [0.15, 0.2) is 47.1 Å². The number of hydrogen-bond donors (Lipinski definition) is 1. The Hall–Kier alpha value is -2.47. The summed E-state index contributed by atoms with van der Waals surface area (Å²) in [5.41, 5.74) is 8.69. The van der Waals surface area contributed by atoms with Gasteiger partial charge in [0.05, 0.1) is 22.6 Å². The van der Waals surface area contributed by atoms with Gasteiger partial charge in [-0.05, 0) is 13.0 Å². The normalized spacial score (nSPS) is 11.8. The number of hydrogen-bond acceptors (Lipinski definition) is 5. The lowest BCUT2D eigenvalue weighted by Crippen LogP contribution is -2.15. The first-order valence-corrected chi connectivity index (χ1v) is 7.78. The highest BCUT2D eigenvalue weighted by Gasteiger charge is 2.04. The molecule has 2 heterocycles. The van der Waals surface area contributed by atoms with Gasteiger partial charge in [0.1, 0.15) is 12.4 Å². The minimum absolute atomic E-state index is 0.338. The molecule has 0 aliphatic rings. The largest absolute Gasteiger partial charge is 0.389 e. The van der Waals surface area contributed by atoms with Crippen molar-refractivity contribution in [1.82, 2.24) is 9.97 Å². The molecule has 3 aromatic rings. The van der Waals surface area contributed by atoms with Crippen LogP contribution < -0.4 is 5.73 Å². The van der Waals surface area contributed by atoms with Gasteiger partial charge in [0.15, 0.2) is 0 Å². The third kappa shape index (κ3) is 3.40. The molecule has 2 N–H and O–H groups in total. The Kier molecular flexibility index (Phi) is 4.29. The Balaban J connectivity index is 1.65. The summed E-state index contributed by atoms with van der Waals surface area (Å²) in [7, 11) is 0. The van der Waals surface area contributed by atoms with E-state index < -0.39 is 0 Å². The molecule has 0 amide bonds. The molecule has 3 rings (SSSR count). The number of nitrogens with two attached hydrogens (primary N) is 1. The number of amidine groups is 1. The molecule has 0 unspecified atom stereocenters. The first kappa shape index (κ1) is 14.5. The second-order valence-electron chi connectivity index (χ2n) is 4.88. The van der Waals surface area contributed by atoms with Crippen molar-refractivity contribution in [3.63, 3.8) is 0 Å². The lowest BCUT2D eigenvalue weighted by Gasteiger charge is -2.05. The summed E-state index contributed by atoms with van der Waals surface area (Å²) in [6, 6.07) is 9.92. The van der Waals surface area contributed by atoms with Gasteiger partial charge in [-0.15, -0.1) is 11.3 Å². The molecule has 1 aromatic carbocycles. The summed E-state index contributed by atoms with van der Waals surface area (Å²) in [4.78, 5) is 14.1. The Bertz CT molecular complexity index is 807. The SMILES string of the molecule is Cc1nc(C/C(N)=N/OCc2cccc3cccnc23)cs1. The highest BCUT2D eigenvalue weighted by atomic mass is 32.1. The molecule has 0 aliphatic carbocycles. The molecule has 0 aliphatic heterocycles. The topological polar surface area (TPSA) is 73.4 Å². The predicted molar refractivity (Wildman–Crippen MR) is 88.7 cm³/mol. The molecule has 0 saturated heterocycles. The molecule has 2 aromatic heterocycles. The first-order valence-electron chi connectivity index (χ1n) is 6.90. The molecule has 0 atom stereocenters. The number of pyridine rings is 1. The van der Waals surface area contributed by atoms with E-state index in [9.17, 15) is 0 Å². The molecule has 5 nitrogen and oxygen atoms in total. The third-order valence-corrected chi connectivity index (χ3v) is 3.97. The van der Waals surface area contributed by atoms with Gasteiger partial charge in [0.25, 0.3) is 0 Å². The number of thiazole rings is 1. The summed E-state index contributed by atoms with van der Waals surface area (Å²) >= 11 is 1.60. The fraction of sp³-hybridized carbons (Fsp3) is 0.188. The Morgan fingerprint density at radius 3 is 3.00 bits per heavy atom. The van der Waals surface area contributed by atoms with Gasteiger partial charge in [-0.2, -0.15) is 0 Å². The van der Waals surface area contributed by atoms with E-state index in [0.29, 0.717) is 18.9 Å². The van der Waals surface area contributed by atoms with E-state index in [4.69, 9.17) is 10.6 Å². The minimum atomic E-state index is 0.338. The van der Waals surface area contributed by atoms with E-state index in [1.54, 1.807) is 17.5 Å². The molecule has 112 valence electrons. The lowest BCUT2D eigenvalue weighted by atomic mass is 10.1. The molecule has 22 heavy (non-hydrogen) atoms. The number of benzene rings is 1. The van der Waals surface area contributed by atoms with Gasteiger partial charge in [-0.25, -0.2) is 4.98 Å². The summed E-state index contributed by atoms with van der Waals surface area (Å²) < 4.78 is 0. The van der Waals surface area contributed by atoms with Crippen LogP contribution in [-0.2, 0) is 17.9 Å². The quantitative estimate of drug-likeness (QED) is 0.446. The van der Waals surface area contributed by atoms with Gasteiger partial charge < -0.3 is 10.6 Å². The van der Waals surface area contributed by atoms with Crippen LogP contribution in [0.1, 0.15) is 16.3 Å². The van der Waals surface area contributed by atoms with Crippen molar-refractivity contribution < 1.29 is 4.84 Å². The predicted octanol–water partition coefficient (Wildman–Crippen LogP) is 3.03. The van der Waals surface area contributed by atoms with Gasteiger partial charge in [-0.1, -0.05) is 29.4 Å². The van der Waals surface area contributed by atoms with Crippen molar-refractivity contribution in [2.75, 3.05) is 0 Å². The number of rotatable bonds is 5. The maximum atomic E-state index is 5.87. The van der Waals surface area contributed by atoms with Crippen molar-refractivity contribution >= 4 is 28.1 Å². The van der Waals surface area contributed by atoms with Crippen LogP contribution in [0.5, 0.6) is 0 Å². The lowest BCUT2D eigenvalue weighted by molar-refractivity contribution is 0.130. The average Bonchev–Trinajstić information content (AvgIpc) is 2.92. The van der Waals surface area contributed by atoms with Crippen LogP contribution in [0, 0.1) is 6.92 Å². The van der Waals surface area contributed by atoms with Crippen LogP contribution in [0.3, 0.4) is 0 Å². The molecule has 0 saturated carbocycles. The Morgan fingerprint density at radius 2 is 2.18 bits per heavy atom. The summed E-state index contributed by atoms with van der Waals surface area (Å²) in [6.45, 7) is 2.30. The standard InChI is InChI=1S/C16H16N4OS/c1-11-19-14(10-22-11)8-15(17)20-21-9-13-5-2-4-12-6-3-7-18-16(12)13/h2-7,10H,8-9H2,1H3,(H2,17,20). The molecule has 0 radical (unpaired) electrons. The Labute approximate surface area is 132 Å². The monoisotopic (exact) mass is 312 g/mol. The maximum absolute atomic E-state index is 5.87. The van der Waals surface area contributed by atoms with Crippen molar-refractivity contribution in [2.24, 2.45) is 10.9 Å². The summed E-state index contributed by atoms with van der Waals surface area (Å²) in [5.74, 6) is 0.415. The maximum Gasteiger partial charge on any atom is 0.145 e. The van der Waals surface area contributed by atoms with Crippen molar-refractivity contribution in [2.45, 2.75) is 20.0 Å². The number of aromatic nitrogens is 2.